The molecule has 0 amide bonds. The fourth-order valence-electron chi connectivity index (χ4n) is 4.57. The lowest BCUT2D eigenvalue weighted by Gasteiger charge is -2.28. The van der Waals surface area contributed by atoms with Crippen LogP contribution in [-0.2, 0) is 36.5 Å². The molecule has 0 bridgehead atoms. The van der Waals surface area contributed by atoms with Crippen LogP contribution in [0.2, 0.25) is 0 Å². The minimum Gasteiger partial charge on any atom is -0.404 e. The summed E-state index contributed by atoms with van der Waals surface area (Å²) < 4.78 is 72.9. The first-order valence-electron chi connectivity index (χ1n) is 10.1. The topological polar surface area (TPSA) is 64.4 Å². The molecule has 1 aromatic carbocycles. The van der Waals surface area contributed by atoms with Crippen LogP contribution in [0.4, 0.5) is 13.2 Å². The van der Waals surface area contributed by atoms with Gasteiger partial charge < -0.3 is 4.74 Å². The average molecular weight is 443 g/mol. The molecule has 2 aliphatic rings. The molecule has 10 heteroatoms. The highest BCUT2D eigenvalue weighted by atomic mass is 32.2. The Balaban J connectivity index is 1.74. The zero-order chi connectivity index (χ0) is 21.5. The molecule has 164 valence electrons. The predicted octanol–water partition coefficient (Wildman–Crippen LogP) is 3.94. The Morgan fingerprint density at radius 1 is 1.17 bits per heavy atom. The Labute approximate surface area is 173 Å². The van der Waals surface area contributed by atoms with Gasteiger partial charge in [-0.1, -0.05) is 25.0 Å². The summed E-state index contributed by atoms with van der Waals surface area (Å²) >= 11 is 0. The van der Waals surface area contributed by atoms with Crippen LogP contribution in [0.25, 0.3) is 0 Å². The molecule has 4 rings (SSSR count). The molecule has 0 saturated heterocycles. The molecule has 30 heavy (non-hydrogen) atoms. The summed E-state index contributed by atoms with van der Waals surface area (Å²) in [5.41, 5.74) is 2.86. The summed E-state index contributed by atoms with van der Waals surface area (Å²) in [5.74, 6) is -0.709. The highest BCUT2D eigenvalue weighted by Gasteiger charge is 2.39. The molecule has 2 aromatic rings. The number of nitrogens with zero attached hydrogens (tertiary/aromatic N) is 3. The smallest absolute Gasteiger partial charge is 0.404 e. The van der Waals surface area contributed by atoms with E-state index in [1.165, 1.54) is 22.5 Å². The quantitative estimate of drug-likeness (QED) is 0.679. The Morgan fingerprint density at radius 2 is 1.87 bits per heavy atom. The van der Waals surface area contributed by atoms with E-state index in [9.17, 15) is 21.6 Å². The van der Waals surface area contributed by atoms with Gasteiger partial charge in [-0.15, -0.1) is 13.2 Å². The summed E-state index contributed by atoms with van der Waals surface area (Å²) in [6, 6.07) is 4.66. The molecule has 0 unspecified atom stereocenters. The van der Waals surface area contributed by atoms with Crippen molar-refractivity contribution in [3.63, 3.8) is 0 Å². The molecular weight excluding hydrogens is 419 g/mol. The maximum Gasteiger partial charge on any atom is 0.573 e. The first-order chi connectivity index (χ1) is 14.2. The van der Waals surface area contributed by atoms with E-state index in [1.54, 1.807) is 4.68 Å². The first kappa shape index (κ1) is 21.2. The van der Waals surface area contributed by atoms with Crippen LogP contribution in [-0.4, -0.2) is 34.9 Å². The van der Waals surface area contributed by atoms with Crippen molar-refractivity contribution in [1.82, 2.24) is 14.1 Å². The van der Waals surface area contributed by atoms with Gasteiger partial charge in [-0.3, -0.25) is 4.68 Å². The Hall–Kier alpha value is -2.07. The summed E-state index contributed by atoms with van der Waals surface area (Å²) in [5, 5.41) is 4.53. The molecule has 0 aliphatic heterocycles. The Morgan fingerprint density at radius 3 is 2.57 bits per heavy atom. The van der Waals surface area contributed by atoms with Crippen LogP contribution < -0.4 is 4.74 Å². The second-order valence-corrected chi connectivity index (χ2v) is 9.69. The van der Waals surface area contributed by atoms with E-state index in [2.05, 4.69) is 9.84 Å². The van der Waals surface area contributed by atoms with Gasteiger partial charge in [0.2, 0.25) is 10.0 Å². The third-order valence-corrected chi connectivity index (χ3v) is 7.84. The van der Waals surface area contributed by atoms with E-state index in [1.807, 2.05) is 7.05 Å². The molecule has 0 N–H and O–H groups in total. The second kappa shape index (κ2) is 7.88. The standard InChI is InChI=1S/C20H24F3N3O3S/c1-25-17-10-6-9-15(17)16(24-25)13-26(14-7-2-3-8-14)30(27,28)19-12-5-4-11-18(19)29-20(21,22)23/h4-5,11-12,14H,2-3,6-10,13H2,1H3. The summed E-state index contributed by atoms with van der Waals surface area (Å²) in [6.07, 6.45) is 0.878. The van der Waals surface area contributed by atoms with Crippen LogP contribution in [0, 0.1) is 0 Å². The highest BCUT2D eigenvalue weighted by molar-refractivity contribution is 7.89. The van der Waals surface area contributed by atoms with Gasteiger partial charge in [0.05, 0.1) is 12.2 Å². The fourth-order valence-corrected chi connectivity index (χ4v) is 6.34. The normalized spacial score (nSPS) is 17.6. The largest absolute Gasteiger partial charge is 0.573 e. The number of benzene rings is 1. The predicted molar refractivity (Wildman–Crippen MR) is 103 cm³/mol. The number of ether oxygens (including phenoxy) is 1. The van der Waals surface area contributed by atoms with Crippen molar-refractivity contribution in [2.45, 2.75) is 68.8 Å². The summed E-state index contributed by atoms with van der Waals surface area (Å²) in [4.78, 5) is -0.471. The van der Waals surface area contributed by atoms with Crippen molar-refractivity contribution in [3.05, 3.63) is 41.2 Å². The Bertz CT molecular complexity index is 1030. The first-order valence-corrected chi connectivity index (χ1v) is 11.5. The highest BCUT2D eigenvalue weighted by Crippen LogP contribution is 2.36. The minimum absolute atomic E-state index is 0.0521. The van der Waals surface area contributed by atoms with Crippen LogP contribution in [0.15, 0.2) is 29.2 Å². The lowest BCUT2D eigenvalue weighted by atomic mass is 10.2. The molecular formula is C20H24F3N3O3S. The molecule has 6 nitrogen and oxygen atoms in total. The molecule has 1 fully saturated rings. The van der Waals surface area contributed by atoms with Crippen LogP contribution in [0.1, 0.15) is 49.1 Å². The average Bonchev–Trinajstić information content (AvgIpc) is 3.39. The van der Waals surface area contributed by atoms with Crippen LogP contribution >= 0.6 is 0 Å². The monoisotopic (exact) mass is 443 g/mol. The number of aromatic nitrogens is 2. The number of alkyl halides is 3. The Kier molecular flexibility index (Phi) is 5.56. The van der Waals surface area contributed by atoms with Gasteiger partial charge in [-0.25, -0.2) is 8.42 Å². The number of halogens is 3. The number of aryl methyl sites for hydroxylation is 1. The van der Waals surface area contributed by atoms with Gasteiger partial charge in [-0.2, -0.15) is 9.40 Å². The number of hydrogen-bond donors (Lipinski definition) is 0. The van der Waals surface area contributed by atoms with Gasteiger partial charge >= 0.3 is 6.36 Å². The second-order valence-electron chi connectivity index (χ2n) is 7.83. The van der Waals surface area contributed by atoms with E-state index < -0.39 is 27.0 Å². The van der Waals surface area contributed by atoms with Gasteiger partial charge in [0.1, 0.15) is 10.6 Å². The fraction of sp³-hybridized carbons (Fsp3) is 0.550. The number of fused-ring (bicyclic) bond motifs is 1. The zero-order valence-electron chi connectivity index (χ0n) is 16.7. The van der Waals surface area contributed by atoms with Crippen LogP contribution in [0.5, 0.6) is 5.75 Å². The lowest BCUT2D eigenvalue weighted by Crippen LogP contribution is -2.39. The number of para-hydroxylation sites is 1. The third kappa shape index (κ3) is 4.07. The molecule has 0 radical (unpaired) electrons. The molecule has 0 atom stereocenters. The lowest BCUT2D eigenvalue weighted by molar-refractivity contribution is -0.275. The van der Waals surface area contributed by atoms with Crippen molar-refractivity contribution in [3.8, 4) is 5.75 Å². The van der Waals surface area contributed by atoms with Gasteiger partial charge in [0.15, 0.2) is 0 Å². The maximum atomic E-state index is 13.6. The van der Waals surface area contributed by atoms with Crippen molar-refractivity contribution < 1.29 is 26.3 Å². The van der Waals surface area contributed by atoms with Crippen molar-refractivity contribution in [1.29, 1.82) is 0 Å². The van der Waals surface area contributed by atoms with Crippen molar-refractivity contribution >= 4 is 10.0 Å². The van der Waals surface area contributed by atoms with Crippen molar-refractivity contribution in [2.24, 2.45) is 7.05 Å². The number of rotatable bonds is 6. The SMILES string of the molecule is Cn1nc(CN(C2CCCC2)S(=O)(=O)c2ccccc2OC(F)(F)F)c2c1CCC2. The van der Waals surface area contributed by atoms with Gasteiger partial charge in [-0.05, 0) is 49.8 Å². The summed E-state index contributed by atoms with van der Waals surface area (Å²) in [7, 11) is -2.39. The number of sulfonamides is 1. The molecule has 1 aromatic heterocycles. The maximum absolute atomic E-state index is 13.6. The van der Waals surface area contributed by atoms with E-state index in [0.717, 1.165) is 49.4 Å². The van der Waals surface area contributed by atoms with Crippen LogP contribution in [0.3, 0.4) is 0 Å². The van der Waals surface area contributed by atoms with E-state index in [4.69, 9.17) is 0 Å². The number of hydrogen-bond acceptors (Lipinski definition) is 4. The molecule has 1 heterocycles. The third-order valence-electron chi connectivity index (χ3n) is 5.90. The minimum atomic E-state index is -4.98. The van der Waals surface area contributed by atoms with Gasteiger partial charge in [0.25, 0.3) is 0 Å². The molecule has 1 saturated carbocycles. The van der Waals surface area contributed by atoms with E-state index in [0.29, 0.717) is 18.5 Å². The summed E-state index contributed by atoms with van der Waals surface area (Å²) in [6.45, 7) is 0.0521. The molecule has 0 spiro atoms. The zero-order valence-corrected chi connectivity index (χ0v) is 17.5. The van der Waals surface area contributed by atoms with E-state index >= 15 is 0 Å². The molecule has 2 aliphatic carbocycles. The van der Waals surface area contributed by atoms with Crippen molar-refractivity contribution in [2.75, 3.05) is 0 Å². The van der Waals surface area contributed by atoms with Gasteiger partial charge in [0, 0.05) is 18.8 Å². The van der Waals surface area contributed by atoms with E-state index in [-0.39, 0.29) is 12.6 Å².